The predicted octanol–water partition coefficient (Wildman–Crippen LogP) is 2.49. The molecule has 3 aliphatic rings. The molecule has 0 aliphatic heterocycles. The Morgan fingerprint density at radius 2 is 1.56 bits per heavy atom. The van der Waals surface area contributed by atoms with Gasteiger partial charge in [-0.3, -0.25) is 4.79 Å². The van der Waals surface area contributed by atoms with Gasteiger partial charge in [0.15, 0.2) is 14.1 Å². The molecule has 0 heterocycles. The van der Waals surface area contributed by atoms with Crippen LogP contribution in [0, 0.1) is 60.8 Å². The van der Waals surface area contributed by atoms with E-state index < -0.39 is 85.1 Å². The first-order valence-electron chi connectivity index (χ1n) is 15.7. The van der Waals surface area contributed by atoms with E-state index in [-0.39, 0.29) is 68.0 Å². The minimum absolute atomic E-state index is 0. The zero-order valence-electron chi connectivity index (χ0n) is 27.5. The van der Waals surface area contributed by atoms with E-state index in [0.717, 1.165) is 0 Å². The summed E-state index contributed by atoms with van der Waals surface area (Å²) >= 11 is 0. The predicted molar refractivity (Wildman–Crippen MR) is 165 cm³/mol. The summed E-state index contributed by atoms with van der Waals surface area (Å²) in [5.74, 6) is -3.29. The van der Waals surface area contributed by atoms with Crippen LogP contribution >= 0.6 is 0 Å². The van der Waals surface area contributed by atoms with Crippen LogP contribution in [0.1, 0.15) is 71.7 Å². The molecule has 3 aliphatic carbocycles. The summed E-state index contributed by atoms with van der Waals surface area (Å²) < 4.78 is 13.0. The molecule has 2 saturated carbocycles. The van der Waals surface area contributed by atoms with Crippen LogP contribution in [0.15, 0.2) is 41.5 Å². The van der Waals surface area contributed by atoms with Crippen LogP contribution in [-0.4, -0.2) is 99.0 Å². The van der Waals surface area contributed by atoms with E-state index in [4.69, 9.17) is 9.16 Å². The number of benzene rings is 1. The largest absolute Gasteiger partial charge is 0.455 e. The average molecular weight is 862 g/mol. The summed E-state index contributed by atoms with van der Waals surface area (Å²) in [4.78, 5) is 28.6. The van der Waals surface area contributed by atoms with Crippen LogP contribution in [0.2, 0.25) is 18.1 Å². The molecule has 249 valence electrons. The van der Waals surface area contributed by atoms with Crippen LogP contribution in [0.3, 0.4) is 0 Å². The fraction of sp³-hybridized carbons (Fsp3) is 0.697. The zero-order chi connectivity index (χ0) is 33.0. The smallest absolute Gasteiger partial charge is 0.338 e. The molecule has 0 amide bonds. The first-order chi connectivity index (χ1) is 20.5. The van der Waals surface area contributed by atoms with Crippen molar-refractivity contribution in [3.8, 4) is 0 Å². The zero-order valence-corrected chi connectivity index (χ0v) is 33.2. The van der Waals surface area contributed by atoms with Crippen LogP contribution in [0.25, 0.3) is 0 Å². The fourth-order valence-electron chi connectivity index (χ4n) is 8.41. The molecule has 1 aromatic carbocycles. The van der Waals surface area contributed by atoms with Gasteiger partial charge in [-0.25, -0.2) is 4.79 Å². The van der Waals surface area contributed by atoms with E-state index in [9.17, 15) is 40.2 Å². The average Bonchev–Trinajstić information content (AvgIpc) is 3.00. The van der Waals surface area contributed by atoms with Gasteiger partial charge in [0.1, 0.15) is 23.4 Å². The Kier molecular flexibility index (Phi) is 11.9. The molecule has 1 unspecified atom stereocenters. The first-order valence-corrected chi connectivity index (χ1v) is 18.3. The van der Waals surface area contributed by atoms with Crippen molar-refractivity contribution in [2.45, 2.75) is 121 Å². The Balaban J connectivity index is 0.00000552. The molecule has 1 radical (unpaired) electrons. The second-order valence-electron chi connectivity index (χ2n) is 13.8. The standard InChI is InChI=1S/C33H50O10Si.Ac/c1-8-44(9-2,10-3)43-23-16-22(36)32(40,18-34)26-28(42-29(39)20-14-12-11-13-15-20)33(41)17-21(35)19(4)24(30(33,5)6)25(37)27(38)31(23,26)7;/h11-15,21-23,25-26,28,34-37,40-41H,8-10,16-18H2,1-7H3;/t21-,22-,23-,25+,26?,28-,31+,32-,33+;/m0./s1. The number of aliphatic hydroxyl groups excluding tert-OH is 4. The number of fused-ring (bicyclic) bond motifs is 3. The number of aliphatic hydroxyl groups is 6. The van der Waals surface area contributed by atoms with Crippen LogP contribution < -0.4 is 0 Å². The van der Waals surface area contributed by atoms with Gasteiger partial charge in [-0.05, 0) is 55.3 Å². The number of carbonyl (C=O) groups is 2. The number of esters is 1. The van der Waals surface area contributed by atoms with Gasteiger partial charge in [-0.2, -0.15) is 0 Å². The monoisotopic (exact) mass is 861 g/mol. The van der Waals surface area contributed by atoms with Crippen molar-refractivity contribution in [3.63, 3.8) is 0 Å². The minimum atomic E-state index is -2.51. The van der Waals surface area contributed by atoms with Gasteiger partial charge in [-0.1, -0.05) is 52.8 Å². The Labute approximate surface area is 302 Å². The molecular weight excluding hydrogens is 811 g/mol. The van der Waals surface area contributed by atoms with E-state index in [1.165, 1.54) is 19.1 Å². The van der Waals surface area contributed by atoms with Crippen molar-refractivity contribution in [2.75, 3.05) is 6.61 Å². The number of Topliss-reactive ketones (excluding diaryl/α,β-unsaturated/α-hetero) is 1. The first kappa shape index (κ1) is 38.9. The summed E-state index contributed by atoms with van der Waals surface area (Å²) in [7, 11) is -2.51. The number of rotatable bonds is 8. The molecule has 1 aromatic rings. The number of hydrogen-bond acceptors (Lipinski definition) is 10. The van der Waals surface area contributed by atoms with Crippen molar-refractivity contribution in [2.24, 2.45) is 16.7 Å². The third-order valence-electron chi connectivity index (χ3n) is 11.7. The molecule has 9 atom stereocenters. The molecule has 0 saturated heterocycles. The molecule has 2 fully saturated rings. The van der Waals surface area contributed by atoms with Crippen molar-refractivity contribution in [1.82, 2.24) is 0 Å². The maximum absolute atomic E-state index is 14.8. The summed E-state index contributed by atoms with van der Waals surface area (Å²) in [5, 5.41) is 70.4. The second-order valence-corrected chi connectivity index (χ2v) is 18.6. The SMILES string of the molecule is CC[Si](CC)(CC)O[C@H]1C[C@H](O)[C@@](O)(CO)C2[C@H](OC(=O)c3ccccc3)[C@]3(O)C[C@H](O)C(C)=C([C@@H](O)C(=O)[C@@]21C)C3(C)C.[Ac]. The quantitative estimate of drug-likeness (QED) is 0.130. The summed E-state index contributed by atoms with van der Waals surface area (Å²) in [5.41, 5.74) is -7.43. The van der Waals surface area contributed by atoms with Gasteiger partial charge in [0, 0.05) is 68.2 Å². The molecule has 45 heavy (non-hydrogen) atoms. The third-order valence-corrected chi connectivity index (χ3v) is 16.4. The Hall–Kier alpha value is -0.522. The molecular formula is C33H50AcO10Si. The van der Waals surface area contributed by atoms with Crippen molar-refractivity contribution in [3.05, 3.63) is 47.0 Å². The normalized spacial score (nSPS) is 38.0. The van der Waals surface area contributed by atoms with Crippen LogP contribution in [0.4, 0.5) is 0 Å². The van der Waals surface area contributed by atoms with E-state index in [1.54, 1.807) is 39.0 Å². The third kappa shape index (κ3) is 5.91. The maximum Gasteiger partial charge on any atom is 0.338 e. The van der Waals surface area contributed by atoms with Gasteiger partial charge >= 0.3 is 5.97 Å². The van der Waals surface area contributed by atoms with Crippen LogP contribution in [0.5, 0.6) is 0 Å². The molecule has 10 nitrogen and oxygen atoms in total. The number of ether oxygens (including phenoxy) is 1. The number of hydrogen-bond donors (Lipinski definition) is 6. The molecule has 6 N–H and O–H groups in total. The van der Waals surface area contributed by atoms with Crippen molar-refractivity contribution >= 4 is 20.1 Å². The Morgan fingerprint density at radius 3 is 2.07 bits per heavy atom. The molecule has 4 rings (SSSR count). The summed E-state index contributed by atoms with van der Waals surface area (Å²) in [6.45, 7) is 11.3. The number of ketones is 1. The summed E-state index contributed by atoms with van der Waals surface area (Å²) in [6.07, 6.45) is -8.20. The Morgan fingerprint density at radius 1 is 1.00 bits per heavy atom. The minimum Gasteiger partial charge on any atom is -0.455 e. The van der Waals surface area contributed by atoms with Crippen molar-refractivity contribution < 1.29 is 93.5 Å². The van der Waals surface area contributed by atoms with Gasteiger partial charge in [0.25, 0.3) is 0 Å². The van der Waals surface area contributed by atoms with Gasteiger partial charge < -0.3 is 39.8 Å². The van der Waals surface area contributed by atoms with Gasteiger partial charge in [0.05, 0.1) is 35.9 Å². The van der Waals surface area contributed by atoms with Crippen molar-refractivity contribution in [1.29, 1.82) is 0 Å². The van der Waals surface area contributed by atoms with Gasteiger partial charge in [-0.15, -0.1) is 0 Å². The summed E-state index contributed by atoms with van der Waals surface area (Å²) in [6, 6.07) is 10.1. The van der Waals surface area contributed by atoms with E-state index in [1.807, 2.05) is 20.8 Å². The molecule has 12 heteroatoms. The Bertz CT molecular complexity index is 1280. The topological polar surface area (TPSA) is 174 Å². The number of carbonyl (C=O) groups excluding carboxylic acids is 2. The second kappa shape index (κ2) is 13.8. The fourth-order valence-corrected chi connectivity index (χ4v) is 11.3. The van der Waals surface area contributed by atoms with Crippen LogP contribution in [-0.2, 0) is 14.0 Å². The maximum atomic E-state index is 14.8. The molecule has 2 bridgehead atoms. The van der Waals surface area contributed by atoms with E-state index >= 15 is 0 Å². The molecule has 0 aromatic heterocycles. The van der Waals surface area contributed by atoms with E-state index in [0.29, 0.717) is 23.7 Å². The molecule has 0 spiro atoms. The van der Waals surface area contributed by atoms with E-state index in [2.05, 4.69) is 0 Å². The van der Waals surface area contributed by atoms with Gasteiger partial charge in [0.2, 0.25) is 0 Å².